The van der Waals surface area contributed by atoms with Crippen LogP contribution in [0.15, 0.2) is 40.9 Å². The molecule has 0 fully saturated rings. The van der Waals surface area contributed by atoms with Gasteiger partial charge >= 0.3 is 0 Å². The molecule has 0 aliphatic heterocycles. The Kier molecular flexibility index (Phi) is 8.61. The molecule has 0 radical (unpaired) electrons. The first kappa shape index (κ1) is 23.6. The summed E-state index contributed by atoms with van der Waals surface area (Å²) in [4.78, 5) is 24.3. The van der Waals surface area contributed by atoms with Gasteiger partial charge in [-0.25, -0.2) is 0 Å². The predicted molar refractivity (Wildman–Crippen MR) is 123 cm³/mol. The van der Waals surface area contributed by atoms with Crippen molar-refractivity contribution in [3.63, 3.8) is 0 Å². The Balaban J connectivity index is 1.83. The third-order valence-corrected chi connectivity index (χ3v) is 4.93. The summed E-state index contributed by atoms with van der Waals surface area (Å²) in [7, 11) is 1.54. The number of carbonyl (C=O) groups excluding carboxylic acids is 2. The number of benzene rings is 2. The lowest BCUT2D eigenvalue weighted by atomic mass is 10.0. The molecule has 2 rings (SSSR count). The highest BCUT2D eigenvalue weighted by atomic mass is 79.9. The molecule has 30 heavy (non-hydrogen) atoms. The Morgan fingerprint density at radius 1 is 1.10 bits per heavy atom. The molecule has 0 aliphatic carbocycles. The number of ether oxygens (including phenoxy) is 2. The Labute approximate surface area is 189 Å². The summed E-state index contributed by atoms with van der Waals surface area (Å²) in [5, 5.41) is 2.44. The van der Waals surface area contributed by atoms with Crippen molar-refractivity contribution < 1.29 is 19.1 Å². The molecule has 3 N–H and O–H groups in total. The number of thiocarbonyl (C=S) groups is 1. The third kappa shape index (κ3) is 6.70. The van der Waals surface area contributed by atoms with E-state index in [4.69, 9.17) is 21.7 Å². The van der Waals surface area contributed by atoms with Crippen LogP contribution in [0.4, 0.5) is 0 Å². The number of rotatable bonds is 6. The van der Waals surface area contributed by atoms with E-state index in [0.29, 0.717) is 21.5 Å². The van der Waals surface area contributed by atoms with Crippen molar-refractivity contribution in [3.8, 4) is 11.5 Å². The number of hydrogen-bond donors (Lipinski definition) is 3. The number of hydrogen-bond acceptors (Lipinski definition) is 5. The quantitative estimate of drug-likeness (QED) is 0.420. The summed E-state index contributed by atoms with van der Waals surface area (Å²) in [6, 6.07) is 10.8. The number of amides is 2. The van der Waals surface area contributed by atoms with E-state index in [1.807, 2.05) is 25.1 Å². The fourth-order valence-electron chi connectivity index (χ4n) is 2.56. The minimum atomic E-state index is -0.435. The van der Waals surface area contributed by atoms with Gasteiger partial charge in [-0.05, 0) is 76.4 Å². The van der Waals surface area contributed by atoms with E-state index in [1.165, 1.54) is 7.11 Å². The highest BCUT2D eigenvalue weighted by Crippen LogP contribution is 2.27. The first-order chi connectivity index (χ1) is 14.2. The molecule has 7 nitrogen and oxygen atoms in total. The van der Waals surface area contributed by atoms with Gasteiger partial charge in [-0.3, -0.25) is 25.8 Å². The maximum atomic E-state index is 12.3. The van der Waals surface area contributed by atoms with Gasteiger partial charge in [0.25, 0.3) is 11.8 Å². The van der Waals surface area contributed by atoms with Crippen LogP contribution in [0.25, 0.3) is 0 Å². The molecule has 9 heteroatoms. The molecule has 0 unspecified atom stereocenters. The average molecular weight is 494 g/mol. The molecule has 0 saturated carbocycles. The first-order valence-electron chi connectivity index (χ1n) is 9.18. The summed E-state index contributed by atoms with van der Waals surface area (Å²) >= 11 is 8.37. The molecule has 0 saturated heterocycles. The summed E-state index contributed by atoms with van der Waals surface area (Å²) < 4.78 is 11.4. The van der Waals surface area contributed by atoms with E-state index in [0.717, 1.165) is 11.1 Å². The van der Waals surface area contributed by atoms with Gasteiger partial charge in [0.15, 0.2) is 11.7 Å². The molecule has 0 atom stereocenters. The Hall–Kier alpha value is -2.65. The maximum absolute atomic E-state index is 12.3. The molecule has 2 aromatic rings. The summed E-state index contributed by atoms with van der Waals surface area (Å²) in [5.41, 5.74) is 7.34. The van der Waals surface area contributed by atoms with Crippen LogP contribution < -0.4 is 25.6 Å². The number of halogens is 1. The minimum absolute atomic E-state index is 0.0429. The predicted octanol–water partition coefficient (Wildman–Crippen LogP) is 3.60. The molecular formula is C21H24BrN3O4S. The fraction of sp³-hybridized carbons (Fsp3) is 0.286. The smallest absolute Gasteiger partial charge is 0.276 e. The van der Waals surface area contributed by atoms with Crippen LogP contribution in [0, 0.1) is 6.92 Å². The molecule has 160 valence electrons. The van der Waals surface area contributed by atoms with Crippen molar-refractivity contribution in [2.45, 2.75) is 26.7 Å². The van der Waals surface area contributed by atoms with Crippen molar-refractivity contribution in [2.75, 3.05) is 13.7 Å². The van der Waals surface area contributed by atoms with E-state index < -0.39 is 11.8 Å². The van der Waals surface area contributed by atoms with Gasteiger partial charge in [0.05, 0.1) is 11.6 Å². The second-order valence-electron chi connectivity index (χ2n) is 6.79. The van der Waals surface area contributed by atoms with E-state index in [1.54, 1.807) is 18.2 Å². The van der Waals surface area contributed by atoms with E-state index in [2.05, 4.69) is 45.9 Å². The monoisotopic (exact) mass is 493 g/mol. The van der Waals surface area contributed by atoms with E-state index in [-0.39, 0.29) is 17.6 Å². The number of methoxy groups -OCH3 is 1. The molecule has 2 aromatic carbocycles. The second kappa shape index (κ2) is 10.9. The third-order valence-electron chi connectivity index (χ3n) is 4.11. The molecule has 2 amide bonds. The highest BCUT2D eigenvalue weighted by Gasteiger charge is 2.13. The molecule has 0 bridgehead atoms. The molecule has 0 aromatic heterocycles. The number of carbonyl (C=O) groups is 2. The average Bonchev–Trinajstić information content (AvgIpc) is 2.70. The Morgan fingerprint density at radius 3 is 2.47 bits per heavy atom. The van der Waals surface area contributed by atoms with Gasteiger partial charge in [0, 0.05) is 5.56 Å². The zero-order chi connectivity index (χ0) is 22.3. The van der Waals surface area contributed by atoms with Crippen LogP contribution in [0.2, 0.25) is 0 Å². The van der Waals surface area contributed by atoms with Crippen molar-refractivity contribution in [1.29, 1.82) is 0 Å². The van der Waals surface area contributed by atoms with Gasteiger partial charge in [-0.2, -0.15) is 0 Å². The zero-order valence-electron chi connectivity index (χ0n) is 17.2. The van der Waals surface area contributed by atoms with Crippen LogP contribution in [-0.2, 0) is 4.79 Å². The van der Waals surface area contributed by atoms with Gasteiger partial charge in [-0.1, -0.05) is 26.0 Å². The number of aryl methyl sites for hydroxylation is 1. The SMILES string of the molecule is COc1ccc(C(=O)NC(=S)NNC(=O)COc2cc(C)ccc2C(C)C)cc1Br. The molecule has 0 aliphatic rings. The highest BCUT2D eigenvalue weighted by molar-refractivity contribution is 9.10. The van der Waals surface area contributed by atoms with Crippen LogP contribution in [0.1, 0.15) is 41.3 Å². The molecule has 0 spiro atoms. The van der Waals surface area contributed by atoms with E-state index in [9.17, 15) is 9.59 Å². The van der Waals surface area contributed by atoms with Crippen molar-refractivity contribution in [2.24, 2.45) is 0 Å². The lowest BCUT2D eigenvalue weighted by Gasteiger charge is -2.15. The number of nitrogens with one attached hydrogen (secondary N) is 3. The van der Waals surface area contributed by atoms with Crippen LogP contribution in [0.3, 0.4) is 0 Å². The zero-order valence-corrected chi connectivity index (χ0v) is 19.6. The second-order valence-corrected chi connectivity index (χ2v) is 8.05. The maximum Gasteiger partial charge on any atom is 0.276 e. The normalized spacial score (nSPS) is 10.3. The summed E-state index contributed by atoms with van der Waals surface area (Å²) in [6.07, 6.45) is 0. The van der Waals surface area contributed by atoms with Crippen molar-refractivity contribution in [3.05, 3.63) is 57.6 Å². The Bertz CT molecular complexity index is 950. The van der Waals surface area contributed by atoms with Crippen LogP contribution >= 0.6 is 28.1 Å². The van der Waals surface area contributed by atoms with Crippen molar-refractivity contribution in [1.82, 2.24) is 16.2 Å². The van der Waals surface area contributed by atoms with E-state index >= 15 is 0 Å². The van der Waals surface area contributed by atoms with Crippen LogP contribution in [0.5, 0.6) is 11.5 Å². The lowest BCUT2D eigenvalue weighted by Crippen LogP contribution is -2.49. The van der Waals surface area contributed by atoms with Crippen LogP contribution in [-0.4, -0.2) is 30.6 Å². The topological polar surface area (TPSA) is 88.7 Å². The Morgan fingerprint density at radius 2 is 1.83 bits per heavy atom. The molecular weight excluding hydrogens is 470 g/mol. The molecule has 0 heterocycles. The standard InChI is InChI=1S/C21H24BrN3O4S/c1-12(2)15-7-5-13(3)9-18(15)29-11-19(26)24-25-21(30)23-20(27)14-6-8-17(28-4)16(22)10-14/h5-10,12H,11H2,1-4H3,(H,24,26)(H2,23,25,27,30). The van der Waals surface area contributed by atoms with Gasteiger partial charge in [0.1, 0.15) is 11.5 Å². The van der Waals surface area contributed by atoms with Gasteiger partial charge in [0.2, 0.25) is 0 Å². The number of hydrazine groups is 1. The largest absolute Gasteiger partial charge is 0.496 e. The van der Waals surface area contributed by atoms with Gasteiger partial charge in [-0.15, -0.1) is 0 Å². The van der Waals surface area contributed by atoms with Crippen molar-refractivity contribution >= 4 is 45.1 Å². The fourth-order valence-corrected chi connectivity index (χ4v) is 3.25. The summed E-state index contributed by atoms with van der Waals surface area (Å²) in [5.74, 6) is 0.676. The lowest BCUT2D eigenvalue weighted by molar-refractivity contribution is -0.123. The first-order valence-corrected chi connectivity index (χ1v) is 10.4. The van der Waals surface area contributed by atoms with Gasteiger partial charge < -0.3 is 9.47 Å². The minimum Gasteiger partial charge on any atom is -0.496 e. The summed E-state index contributed by atoms with van der Waals surface area (Å²) in [6.45, 7) is 5.88.